The van der Waals surface area contributed by atoms with E-state index in [1.54, 1.807) is 0 Å². The normalized spacial score (nSPS) is 34.0. The topological polar surface area (TPSA) is 0 Å². The van der Waals surface area contributed by atoms with Crippen molar-refractivity contribution in [3.63, 3.8) is 0 Å². The molecule has 0 heterocycles. The van der Waals surface area contributed by atoms with Gasteiger partial charge in [0.15, 0.2) is 0 Å². The first kappa shape index (κ1) is 16.6. The van der Waals surface area contributed by atoms with Crippen LogP contribution in [0.5, 0.6) is 0 Å². The molecule has 0 amide bonds. The summed E-state index contributed by atoms with van der Waals surface area (Å²) in [7, 11) is 0. The Kier molecular flexibility index (Phi) is 6.80. The molecule has 0 aromatic carbocycles. The summed E-state index contributed by atoms with van der Waals surface area (Å²) in [5, 5.41) is 0. The van der Waals surface area contributed by atoms with Crippen LogP contribution in [0.25, 0.3) is 0 Å². The van der Waals surface area contributed by atoms with E-state index in [0.29, 0.717) is 0 Å². The Morgan fingerprint density at radius 2 is 1.52 bits per heavy atom. The molecule has 2 fully saturated rings. The summed E-state index contributed by atoms with van der Waals surface area (Å²) in [6, 6.07) is 0. The van der Waals surface area contributed by atoms with E-state index in [1.165, 1.54) is 69.8 Å². The minimum atomic E-state index is 0.956. The van der Waals surface area contributed by atoms with Crippen LogP contribution in [0, 0.1) is 23.7 Å². The highest BCUT2D eigenvalue weighted by atomic mass is 14.3. The zero-order valence-corrected chi connectivity index (χ0v) is 14.0. The van der Waals surface area contributed by atoms with Crippen LogP contribution < -0.4 is 0 Å². The van der Waals surface area contributed by atoms with Gasteiger partial charge in [-0.15, -0.1) is 0 Å². The third kappa shape index (κ3) is 5.49. The smallest absolute Gasteiger partial charge is 0.0282 e. The number of rotatable bonds is 6. The lowest BCUT2D eigenvalue weighted by Crippen LogP contribution is -2.25. The van der Waals surface area contributed by atoms with Gasteiger partial charge >= 0.3 is 0 Å². The van der Waals surface area contributed by atoms with Crippen molar-refractivity contribution in [2.24, 2.45) is 23.7 Å². The van der Waals surface area contributed by atoms with Crippen LogP contribution in [0.4, 0.5) is 0 Å². The van der Waals surface area contributed by atoms with Crippen molar-refractivity contribution < 1.29 is 0 Å². The maximum atomic E-state index is 4.14. The molecule has 21 heavy (non-hydrogen) atoms. The third-order valence-corrected chi connectivity index (χ3v) is 5.96. The van der Waals surface area contributed by atoms with Gasteiger partial charge in [0.2, 0.25) is 0 Å². The molecule has 0 aliphatic heterocycles. The van der Waals surface area contributed by atoms with Gasteiger partial charge in [-0.25, -0.2) is 0 Å². The molecule has 0 spiro atoms. The van der Waals surface area contributed by atoms with Crippen LogP contribution in [-0.2, 0) is 0 Å². The van der Waals surface area contributed by atoms with Crippen LogP contribution >= 0.6 is 0 Å². The molecule has 0 bridgehead atoms. The summed E-state index contributed by atoms with van der Waals surface area (Å²) in [5.41, 5.74) is 1.26. The highest BCUT2D eigenvalue weighted by Gasteiger charge is 2.29. The van der Waals surface area contributed by atoms with Gasteiger partial charge in [0, 0.05) is 0 Å². The Morgan fingerprint density at radius 3 is 2.10 bits per heavy atom. The van der Waals surface area contributed by atoms with E-state index in [0.717, 1.165) is 23.7 Å². The molecule has 0 N–H and O–H groups in total. The fraction of sp³-hybridized carbons (Fsp3) is 0.714. The second-order valence-corrected chi connectivity index (χ2v) is 7.59. The molecule has 0 unspecified atom stereocenters. The van der Waals surface area contributed by atoms with Crippen molar-refractivity contribution in [2.75, 3.05) is 0 Å². The van der Waals surface area contributed by atoms with Crippen molar-refractivity contribution in [1.29, 1.82) is 0 Å². The highest BCUT2D eigenvalue weighted by Crippen LogP contribution is 2.42. The highest BCUT2D eigenvalue weighted by molar-refractivity contribution is 5.17. The Balaban J connectivity index is 1.65. The van der Waals surface area contributed by atoms with Crippen LogP contribution in [0.15, 0.2) is 37.0 Å². The summed E-state index contributed by atoms with van der Waals surface area (Å²) >= 11 is 0. The molecular formula is C21H34. The zero-order valence-electron chi connectivity index (χ0n) is 14.0. The molecule has 0 radical (unpaired) electrons. The fourth-order valence-electron chi connectivity index (χ4n) is 4.38. The van der Waals surface area contributed by atoms with Crippen LogP contribution in [0.1, 0.15) is 71.1 Å². The van der Waals surface area contributed by atoms with Gasteiger partial charge in [-0.1, -0.05) is 69.6 Å². The monoisotopic (exact) mass is 286 g/mol. The van der Waals surface area contributed by atoms with Crippen molar-refractivity contribution in [3.05, 3.63) is 37.0 Å². The van der Waals surface area contributed by atoms with Crippen LogP contribution in [0.2, 0.25) is 0 Å². The maximum Gasteiger partial charge on any atom is -0.0282 e. The van der Waals surface area contributed by atoms with E-state index in [2.05, 4.69) is 26.2 Å². The van der Waals surface area contributed by atoms with E-state index in [9.17, 15) is 0 Å². The maximum absolute atomic E-state index is 4.14. The largest absolute Gasteiger partial charge is 0.0991 e. The van der Waals surface area contributed by atoms with E-state index in [4.69, 9.17) is 0 Å². The minimum absolute atomic E-state index is 0.956. The second kappa shape index (κ2) is 8.61. The van der Waals surface area contributed by atoms with E-state index in [-0.39, 0.29) is 0 Å². The first-order valence-electron chi connectivity index (χ1n) is 9.16. The van der Waals surface area contributed by atoms with Crippen molar-refractivity contribution in [3.8, 4) is 0 Å². The molecule has 2 rings (SSSR count). The van der Waals surface area contributed by atoms with Crippen molar-refractivity contribution in [2.45, 2.75) is 71.1 Å². The molecule has 0 nitrogen and oxygen atoms in total. The summed E-state index contributed by atoms with van der Waals surface area (Å²) in [6.07, 6.45) is 20.4. The molecular weight excluding hydrogens is 252 g/mol. The Morgan fingerprint density at radius 1 is 0.952 bits per heavy atom. The summed E-state index contributed by atoms with van der Waals surface area (Å²) in [4.78, 5) is 0. The Labute approximate surface area is 132 Å². The lowest BCUT2D eigenvalue weighted by atomic mass is 9.69. The summed E-state index contributed by atoms with van der Waals surface area (Å²) < 4.78 is 0. The number of hydrogen-bond acceptors (Lipinski definition) is 0. The Hall–Kier alpha value is -0.780. The molecule has 0 atom stereocenters. The van der Waals surface area contributed by atoms with Gasteiger partial charge in [-0.2, -0.15) is 0 Å². The van der Waals surface area contributed by atoms with E-state index >= 15 is 0 Å². The van der Waals surface area contributed by atoms with Crippen molar-refractivity contribution >= 4 is 0 Å². The van der Waals surface area contributed by atoms with E-state index < -0.39 is 0 Å². The van der Waals surface area contributed by atoms with Gasteiger partial charge in [-0.05, 0) is 62.2 Å². The lowest BCUT2D eigenvalue weighted by molar-refractivity contribution is 0.148. The average Bonchev–Trinajstić information content (AvgIpc) is 2.52. The van der Waals surface area contributed by atoms with Crippen LogP contribution in [-0.4, -0.2) is 0 Å². The standard InChI is InChI=1S/C21H34/c1-4-5-6-17(2)7-10-19-11-15-21(16-12-19)20-13-8-18(3)9-14-20/h4-6,18-21H,1-2,7-16H2,3H3/b6-5-. The van der Waals surface area contributed by atoms with Gasteiger partial charge in [-0.3, -0.25) is 0 Å². The third-order valence-electron chi connectivity index (χ3n) is 5.96. The Bertz CT molecular complexity index is 346. The molecule has 118 valence electrons. The minimum Gasteiger partial charge on any atom is -0.0991 e. The molecule has 0 aromatic rings. The van der Waals surface area contributed by atoms with Gasteiger partial charge in [0.1, 0.15) is 0 Å². The second-order valence-electron chi connectivity index (χ2n) is 7.59. The van der Waals surface area contributed by atoms with Gasteiger partial charge < -0.3 is 0 Å². The van der Waals surface area contributed by atoms with Gasteiger partial charge in [0.05, 0.1) is 0 Å². The number of hydrogen-bond donors (Lipinski definition) is 0. The molecule has 2 aliphatic carbocycles. The van der Waals surface area contributed by atoms with E-state index in [1.807, 2.05) is 12.2 Å². The predicted octanol–water partition coefficient (Wildman–Crippen LogP) is 6.70. The SMILES string of the molecule is C=C/C=C\C(=C)CCC1CCC(C2CCC(C)CC2)CC1. The van der Waals surface area contributed by atoms with Crippen molar-refractivity contribution in [1.82, 2.24) is 0 Å². The zero-order chi connectivity index (χ0) is 15.1. The quantitative estimate of drug-likeness (QED) is 0.477. The summed E-state index contributed by atoms with van der Waals surface area (Å²) in [6.45, 7) is 10.3. The first-order chi connectivity index (χ1) is 10.2. The van der Waals surface area contributed by atoms with Gasteiger partial charge in [0.25, 0.3) is 0 Å². The van der Waals surface area contributed by atoms with Crippen LogP contribution in [0.3, 0.4) is 0 Å². The molecule has 2 saturated carbocycles. The molecule has 0 aromatic heterocycles. The predicted molar refractivity (Wildman–Crippen MR) is 94.3 cm³/mol. The lowest BCUT2D eigenvalue weighted by Gasteiger charge is -2.37. The molecule has 0 saturated heterocycles. The fourth-order valence-corrected chi connectivity index (χ4v) is 4.38. The molecule has 0 heteroatoms. The number of allylic oxidation sites excluding steroid dienone is 4. The first-order valence-corrected chi connectivity index (χ1v) is 9.16. The molecule has 2 aliphatic rings. The average molecular weight is 287 g/mol. The summed E-state index contributed by atoms with van der Waals surface area (Å²) in [5.74, 6) is 4.06.